The Bertz CT molecular complexity index is 553. The summed E-state index contributed by atoms with van der Waals surface area (Å²) >= 11 is 0. The van der Waals surface area contributed by atoms with E-state index in [0.717, 1.165) is 32.7 Å². The minimum Gasteiger partial charge on any atom is -0.341 e. The first-order chi connectivity index (χ1) is 11.0. The van der Waals surface area contributed by atoms with Crippen molar-refractivity contribution in [2.75, 3.05) is 33.2 Å². The van der Waals surface area contributed by atoms with Crippen LogP contribution in [0.25, 0.3) is 0 Å². The van der Waals surface area contributed by atoms with Crippen LogP contribution in [0.4, 0.5) is 4.79 Å². The lowest BCUT2D eigenvalue weighted by atomic mass is 10.1. The second-order valence-electron chi connectivity index (χ2n) is 6.30. The highest BCUT2D eigenvalue weighted by Crippen LogP contribution is 2.04. The zero-order valence-electron chi connectivity index (χ0n) is 14.2. The van der Waals surface area contributed by atoms with E-state index in [4.69, 9.17) is 0 Å². The van der Waals surface area contributed by atoms with Crippen molar-refractivity contribution in [3.05, 3.63) is 35.4 Å². The van der Waals surface area contributed by atoms with E-state index in [1.54, 1.807) is 4.90 Å². The molecule has 1 fully saturated rings. The van der Waals surface area contributed by atoms with Gasteiger partial charge in [-0.2, -0.15) is 0 Å². The van der Waals surface area contributed by atoms with E-state index in [9.17, 15) is 9.59 Å². The molecule has 0 spiro atoms. The van der Waals surface area contributed by atoms with Crippen molar-refractivity contribution in [2.45, 2.75) is 26.4 Å². The molecule has 0 unspecified atom stereocenters. The molecule has 1 aromatic rings. The van der Waals surface area contributed by atoms with Crippen molar-refractivity contribution in [1.82, 2.24) is 10.6 Å². The third-order valence-corrected chi connectivity index (χ3v) is 4.77. The van der Waals surface area contributed by atoms with Gasteiger partial charge in [0.05, 0.1) is 0 Å². The van der Waals surface area contributed by atoms with Gasteiger partial charge in [0.1, 0.15) is 32.7 Å². The van der Waals surface area contributed by atoms with Gasteiger partial charge in [0, 0.05) is 12.6 Å². The SMILES string of the molecule is CNC(=O)NC(=O)[C@@H](C)[NH+]1CC[NH+](Cc2ccccc2C)CC1. The second kappa shape index (κ2) is 8.08. The molecule has 2 rings (SSSR count). The Balaban J connectivity index is 1.82. The fraction of sp³-hybridized carbons (Fsp3) is 0.529. The molecule has 0 radical (unpaired) electrons. The zero-order valence-corrected chi connectivity index (χ0v) is 14.2. The number of hydrogen-bond donors (Lipinski definition) is 4. The summed E-state index contributed by atoms with van der Waals surface area (Å²) in [5.74, 6) is -0.207. The molecule has 0 bridgehead atoms. The summed E-state index contributed by atoms with van der Waals surface area (Å²) in [6.45, 7) is 9.07. The van der Waals surface area contributed by atoms with Crippen LogP contribution in [0.2, 0.25) is 0 Å². The standard InChI is InChI=1S/C17H26N4O2/c1-13-6-4-5-7-15(13)12-20-8-10-21(11-9-20)14(2)16(22)19-17(23)18-3/h4-7,14H,8-12H2,1-3H3,(H2,18,19,22,23)/p+2/t14-/m1/s1. The van der Waals surface area contributed by atoms with Crippen LogP contribution in [0.1, 0.15) is 18.1 Å². The van der Waals surface area contributed by atoms with Crippen molar-refractivity contribution in [3.8, 4) is 0 Å². The number of rotatable bonds is 4. The number of hydrogen-bond acceptors (Lipinski definition) is 2. The fourth-order valence-electron chi connectivity index (χ4n) is 3.08. The number of nitrogens with one attached hydrogen (secondary N) is 4. The molecular weight excluding hydrogens is 292 g/mol. The molecule has 0 aliphatic carbocycles. The minimum absolute atomic E-state index is 0.202. The Morgan fingerprint density at radius 2 is 1.83 bits per heavy atom. The smallest absolute Gasteiger partial charge is 0.321 e. The average molecular weight is 320 g/mol. The molecule has 1 aliphatic heterocycles. The van der Waals surface area contributed by atoms with Crippen molar-refractivity contribution in [2.24, 2.45) is 0 Å². The first-order valence-electron chi connectivity index (χ1n) is 8.26. The largest absolute Gasteiger partial charge is 0.341 e. The van der Waals surface area contributed by atoms with Gasteiger partial charge in [-0.1, -0.05) is 24.3 Å². The van der Waals surface area contributed by atoms with E-state index < -0.39 is 6.03 Å². The van der Waals surface area contributed by atoms with Gasteiger partial charge in [-0.25, -0.2) is 4.79 Å². The molecule has 0 saturated carbocycles. The predicted molar refractivity (Wildman–Crippen MR) is 88.3 cm³/mol. The van der Waals surface area contributed by atoms with Crippen LogP contribution in [0.3, 0.4) is 0 Å². The number of amides is 3. The van der Waals surface area contributed by atoms with E-state index in [1.807, 2.05) is 6.92 Å². The van der Waals surface area contributed by atoms with Gasteiger partial charge in [0.25, 0.3) is 5.91 Å². The summed E-state index contributed by atoms with van der Waals surface area (Å²) in [6, 6.07) is 7.87. The summed E-state index contributed by atoms with van der Waals surface area (Å²) in [6.07, 6.45) is 0. The maximum Gasteiger partial charge on any atom is 0.321 e. The van der Waals surface area contributed by atoms with Crippen molar-refractivity contribution in [3.63, 3.8) is 0 Å². The highest BCUT2D eigenvalue weighted by atomic mass is 16.2. The van der Waals surface area contributed by atoms with E-state index in [1.165, 1.54) is 23.1 Å². The lowest BCUT2D eigenvalue weighted by molar-refractivity contribution is -1.02. The number of piperazine rings is 1. The molecule has 1 atom stereocenters. The molecule has 6 nitrogen and oxygen atoms in total. The number of carbonyl (C=O) groups excluding carboxylic acids is 2. The lowest BCUT2D eigenvalue weighted by Crippen LogP contribution is -3.29. The fourth-order valence-corrected chi connectivity index (χ4v) is 3.08. The highest BCUT2D eigenvalue weighted by Gasteiger charge is 2.31. The van der Waals surface area contributed by atoms with Crippen LogP contribution in [0.5, 0.6) is 0 Å². The summed E-state index contributed by atoms with van der Waals surface area (Å²) in [7, 11) is 1.51. The van der Waals surface area contributed by atoms with Gasteiger partial charge >= 0.3 is 6.03 Å². The number of urea groups is 1. The van der Waals surface area contributed by atoms with Crippen molar-refractivity contribution >= 4 is 11.9 Å². The van der Waals surface area contributed by atoms with Crippen LogP contribution in [-0.2, 0) is 11.3 Å². The lowest BCUT2D eigenvalue weighted by Gasteiger charge is -2.32. The Morgan fingerprint density at radius 3 is 2.43 bits per heavy atom. The van der Waals surface area contributed by atoms with E-state index in [0.29, 0.717) is 0 Å². The molecule has 3 amide bonds. The molecule has 4 N–H and O–H groups in total. The van der Waals surface area contributed by atoms with E-state index in [-0.39, 0.29) is 11.9 Å². The molecule has 126 valence electrons. The minimum atomic E-state index is -0.440. The second-order valence-corrected chi connectivity index (χ2v) is 6.30. The molecule has 6 heteroatoms. The quantitative estimate of drug-likeness (QED) is 0.525. The predicted octanol–water partition coefficient (Wildman–Crippen LogP) is -1.88. The molecule has 1 saturated heterocycles. The van der Waals surface area contributed by atoms with Crippen molar-refractivity contribution in [1.29, 1.82) is 0 Å². The van der Waals surface area contributed by atoms with Crippen LogP contribution < -0.4 is 20.4 Å². The topological polar surface area (TPSA) is 67.1 Å². The van der Waals surface area contributed by atoms with E-state index >= 15 is 0 Å². The highest BCUT2D eigenvalue weighted by molar-refractivity contribution is 5.96. The Labute approximate surface area is 137 Å². The summed E-state index contributed by atoms with van der Waals surface area (Å²) in [5.41, 5.74) is 2.74. The molecular formula is C17H28N4O2+2. The third kappa shape index (κ3) is 4.77. The summed E-state index contributed by atoms with van der Waals surface area (Å²) in [5, 5.41) is 4.78. The number of quaternary nitrogens is 2. The Hall–Kier alpha value is -1.92. The Kier molecular flexibility index (Phi) is 6.12. The summed E-state index contributed by atoms with van der Waals surface area (Å²) in [4.78, 5) is 26.1. The van der Waals surface area contributed by atoms with Crippen LogP contribution in [-0.4, -0.2) is 51.2 Å². The molecule has 1 aliphatic rings. The number of carbonyl (C=O) groups is 2. The van der Waals surface area contributed by atoms with Gasteiger partial charge in [0.15, 0.2) is 6.04 Å². The van der Waals surface area contributed by atoms with Gasteiger partial charge in [-0.05, 0) is 19.4 Å². The molecule has 0 aromatic heterocycles. The van der Waals surface area contributed by atoms with Gasteiger partial charge in [0.2, 0.25) is 0 Å². The van der Waals surface area contributed by atoms with Crippen LogP contribution in [0, 0.1) is 6.92 Å². The number of aryl methyl sites for hydroxylation is 1. The maximum absolute atomic E-state index is 12.0. The Morgan fingerprint density at radius 1 is 1.17 bits per heavy atom. The third-order valence-electron chi connectivity index (χ3n) is 4.77. The van der Waals surface area contributed by atoms with Crippen LogP contribution >= 0.6 is 0 Å². The van der Waals surface area contributed by atoms with E-state index in [2.05, 4.69) is 41.8 Å². The van der Waals surface area contributed by atoms with Crippen molar-refractivity contribution < 1.29 is 19.4 Å². The normalized spacial score (nSPS) is 22.2. The maximum atomic E-state index is 12.0. The first kappa shape index (κ1) is 17.4. The first-order valence-corrected chi connectivity index (χ1v) is 8.26. The molecule has 23 heavy (non-hydrogen) atoms. The average Bonchev–Trinajstić information content (AvgIpc) is 2.56. The number of imide groups is 1. The number of benzene rings is 1. The monoisotopic (exact) mass is 320 g/mol. The summed E-state index contributed by atoms with van der Waals surface area (Å²) < 4.78 is 0. The van der Waals surface area contributed by atoms with Gasteiger partial charge in [-0.15, -0.1) is 0 Å². The van der Waals surface area contributed by atoms with Crippen LogP contribution in [0.15, 0.2) is 24.3 Å². The molecule has 1 heterocycles. The zero-order chi connectivity index (χ0) is 16.8. The van der Waals surface area contributed by atoms with Gasteiger partial charge in [-0.3, -0.25) is 10.1 Å². The van der Waals surface area contributed by atoms with Gasteiger partial charge < -0.3 is 15.1 Å². The molecule has 1 aromatic carbocycles.